The largest absolute Gasteiger partial charge is 0.315 e. The van der Waals surface area contributed by atoms with Gasteiger partial charge in [0.05, 0.1) is 0 Å². The molecular weight excluding hydrogens is 186 g/mol. The standard InChI is InChI=1S/C13H17NO/c1-8-4-10(3)12(5-9(8)2)13(15)11-6-14-7-11/h4-5,11,14H,6-7H2,1-3H3. The Labute approximate surface area is 90.7 Å². The third kappa shape index (κ3) is 1.82. The first-order valence-electron chi connectivity index (χ1n) is 5.42. The molecule has 0 unspecified atom stereocenters. The predicted molar refractivity (Wildman–Crippen MR) is 61.3 cm³/mol. The van der Waals surface area contributed by atoms with E-state index in [1.807, 2.05) is 13.0 Å². The van der Waals surface area contributed by atoms with Crippen molar-refractivity contribution >= 4 is 5.78 Å². The van der Waals surface area contributed by atoms with E-state index in [1.54, 1.807) is 0 Å². The highest BCUT2D eigenvalue weighted by molar-refractivity contribution is 6.00. The Balaban J connectivity index is 2.34. The van der Waals surface area contributed by atoms with Crippen LogP contribution in [0.3, 0.4) is 0 Å². The summed E-state index contributed by atoms with van der Waals surface area (Å²) in [7, 11) is 0. The Morgan fingerprint density at radius 3 is 2.27 bits per heavy atom. The minimum atomic E-state index is 0.200. The van der Waals surface area contributed by atoms with Gasteiger partial charge < -0.3 is 5.32 Å². The highest BCUT2D eigenvalue weighted by atomic mass is 16.1. The van der Waals surface area contributed by atoms with Gasteiger partial charge in [-0.05, 0) is 43.5 Å². The third-order valence-electron chi connectivity index (χ3n) is 3.26. The van der Waals surface area contributed by atoms with Gasteiger partial charge in [-0.15, -0.1) is 0 Å². The number of ketones is 1. The first kappa shape index (κ1) is 10.4. The number of Topliss-reactive ketones (excluding diaryl/α,β-unsaturated/α-hetero) is 1. The van der Waals surface area contributed by atoms with Crippen molar-refractivity contribution in [2.24, 2.45) is 5.92 Å². The molecule has 1 aliphatic heterocycles. The molecule has 1 aromatic rings. The first-order valence-corrected chi connectivity index (χ1v) is 5.42. The summed E-state index contributed by atoms with van der Waals surface area (Å²) in [5.41, 5.74) is 4.48. The molecule has 2 rings (SSSR count). The van der Waals surface area contributed by atoms with Crippen LogP contribution in [0.1, 0.15) is 27.0 Å². The topological polar surface area (TPSA) is 29.1 Å². The summed E-state index contributed by atoms with van der Waals surface area (Å²) in [6.45, 7) is 7.84. The number of carbonyl (C=O) groups is 1. The monoisotopic (exact) mass is 203 g/mol. The molecule has 0 spiro atoms. The average molecular weight is 203 g/mol. The van der Waals surface area contributed by atoms with Crippen molar-refractivity contribution in [3.8, 4) is 0 Å². The van der Waals surface area contributed by atoms with E-state index in [1.165, 1.54) is 11.1 Å². The second-order valence-electron chi connectivity index (χ2n) is 4.47. The van der Waals surface area contributed by atoms with E-state index in [4.69, 9.17) is 0 Å². The molecule has 1 N–H and O–H groups in total. The fraction of sp³-hybridized carbons (Fsp3) is 0.462. The molecule has 2 heteroatoms. The quantitative estimate of drug-likeness (QED) is 0.745. The Bertz CT molecular complexity index is 405. The van der Waals surface area contributed by atoms with Crippen LogP contribution in [0.15, 0.2) is 12.1 Å². The number of aryl methyl sites for hydroxylation is 3. The Morgan fingerprint density at radius 1 is 1.13 bits per heavy atom. The molecule has 1 saturated heterocycles. The molecule has 0 saturated carbocycles. The van der Waals surface area contributed by atoms with Gasteiger partial charge in [0.25, 0.3) is 0 Å². The molecule has 15 heavy (non-hydrogen) atoms. The maximum Gasteiger partial charge on any atom is 0.168 e. The van der Waals surface area contributed by atoms with Gasteiger partial charge in [-0.3, -0.25) is 4.79 Å². The summed E-state index contributed by atoms with van der Waals surface area (Å²) in [5, 5.41) is 3.14. The third-order valence-corrected chi connectivity index (χ3v) is 3.26. The maximum absolute atomic E-state index is 12.1. The zero-order chi connectivity index (χ0) is 11.0. The van der Waals surface area contributed by atoms with Crippen LogP contribution in [-0.2, 0) is 0 Å². The highest BCUT2D eigenvalue weighted by Gasteiger charge is 2.26. The lowest BCUT2D eigenvalue weighted by molar-refractivity contribution is 0.0877. The number of carbonyl (C=O) groups excluding carboxylic acids is 1. The zero-order valence-electron chi connectivity index (χ0n) is 9.55. The maximum atomic E-state index is 12.1. The fourth-order valence-corrected chi connectivity index (χ4v) is 1.92. The number of hydrogen-bond donors (Lipinski definition) is 1. The van der Waals surface area contributed by atoms with Gasteiger partial charge in [0.1, 0.15) is 0 Å². The van der Waals surface area contributed by atoms with Crippen molar-refractivity contribution in [3.05, 3.63) is 34.4 Å². The van der Waals surface area contributed by atoms with Crippen LogP contribution in [-0.4, -0.2) is 18.9 Å². The molecule has 2 nitrogen and oxygen atoms in total. The van der Waals surface area contributed by atoms with Gasteiger partial charge in [0.15, 0.2) is 5.78 Å². The van der Waals surface area contributed by atoms with Crippen LogP contribution in [0.4, 0.5) is 0 Å². The molecule has 1 fully saturated rings. The van der Waals surface area contributed by atoms with Crippen molar-refractivity contribution in [3.63, 3.8) is 0 Å². The smallest absolute Gasteiger partial charge is 0.168 e. The molecule has 80 valence electrons. The number of rotatable bonds is 2. The summed E-state index contributed by atoms with van der Waals surface area (Å²) < 4.78 is 0. The molecular formula is C13H17NO. The van der Waals surface area contributed by atoms with E-state index >= 15 is 0 Å². The number of hydrogen-bond acceptors (Lipinski definition) is 2. The van der Waals surface area contributed by atoms with Crippen LogP contribution in [0.5, 0.6) is 0 Å². The molecule has 1 aromatic carbocycles. The van der Waals surface area contributed by atoms with Crippen LogP contribution in [0.25, 0.3) is 0 Å². The van der Waals surface area contributed by atoms with E-state index in [0.717, 1.165) is 24.2 Å². The van der Waals surface area contributed by atoms with Gasteiger partial charge in [0.2, 0.25) is 0 Å². The van der Waals surface area contributed by atoms with Crippen LogP contribution >= 0.6 is 0 Å². The lowest BCUT2D eigenvalue weighted by Crippen LogP contribution is -2.46. The van der Waals surface area contributed by atoms with E-state index in [9.17, 15) is 4.79 Å². The average Bonchev–Trinajstić information content (AvgIpc) is 2.08. The first-order chi connectivity index (χ1) is 7.09. The van der Waals surface area contributed by atoms with Crippen LogP contribution < -0.4 is 5.32 Å². The summed E-state index contributed by atoms with van der Waals surface area (Å²) in [6.07, 6.45) is 0. The minimum Gasteiger partial charge on any atom is -0.315 e. The van der Waals surface area contributed by atoms with Crippen molar-refractivity contribution in [2.45, 2.75) is 20.8 Å². The van der Waals surface area contributed by atoms with Crippen LogP contribution in [0, 0.1) is 26.7 Å². The Morgan fingerprint density at radius 2 is 1.73 bits per heavy atom. The minimum absolute atomic E-state index is 0.200. The van der Waals surface area contributed by atoms with Crippen LogP contribution in [0.2, 0.25) is 0 Å². The highest BCUT2D eigenvalue weighted by Crippen LogP contribution is 2.20. The van der Waals surface area contributed by atoms with Crippen molar-refractivity contribution < 1.29 is 4.79 Å². The summed E-state index contributed by atoms with van der Waals surface area (Å²) in [6, 6.07) is 4.14. The fourth-order valence-electron chi connectivity index (χ4n) is 1.92. The second kappa shape index (κ2) is 3.78. The van der Waals surface area contributed by atoms with Gasteiger partial charge in [-0.25, -0.2) is 0 Å². The molecule has 1 heterocycles. The Hall–Kier alpha value is -1.15. The van der Waals surface area contributed by atoms with E-state index in [-0.39, 0.29) is 5.92 Å². The summed E-state index contributed by atoms with van der Waals surface area (Å²) in [5.74, 6) is 0.500. The molecule has 0 radical (unpaired) electrons. The van der Waals surface area contributed by atoms with E-state index in [2.05, 4.69) is 25.2 Å². The van der Waals surface area contributed by atoms with E-state index in [0.29, 0.717) is 5.78 Å². The zero-order valence-corrected chi connectivity index (χ0v) is 9.55. The molecule has 0 aliphatic carbocycles. The molecule has 0 amide bonds. The lowest BCUT2D eigenvalue weighted by Gasteiger charge is -2.26. The predicted octanol–water partition coefficient (Wildman–Crippen LogP) is 2.01. The van der Waals surface area contributed by atoms with Crippen molar-refractivity contribution in [2.75, 3.05) is 13.1 Å². The normalized spacial score (nSPS) is 16.2. The van der Waals surface area contributed by atoms with Gasteiger partial charge in [-0.2, -0.15) is 0 Å². The SMILES string of the molecule is Cc1cc(C)c(C(=O)C2CNC2)cc1C. The molecule has 1 aliphatic rings. The van der Waals surface area contributed by atoms with Crippen molar-refractivity contribution in [1.82, 2.24) is 5.32 Å². The van der Waals surface area contributed by atoms with Crippen molar-refractivity contribution in [1.29, 1.82) is 0 Å². The molecule has 0 atom stereocenters. The van der Waals surface area contributed by atoms with Gasteiger partial charge >= 0.3 is 0 Å². The van der Waals surface area contributed by atoms with Gasteiger partial charge in [-0.1, -0.05) is 6.07 Å². The molecule has 0 bridgehead atoms. The Kier molecular flexibility index (Phi) is 2.61. The lowest BCUT2D eigenvalue weighted by atomic mass is 9.89. The van der Waals surface area contributed by atoms with Gasteiger partial charge in [0, 0.05) is 24.6 Å². The summed E-state index contributed by atoms with van der Waals surface area (Å²) in [4.78, 5) is 12.1. The molecule has 0 aromatic heterocycles. The van der Waals surface area contributed by atoms with E-state index < -0.39 is 0 Å². The second-order valence-corrected chi connectivity index (χ2v) is 4.47. The number of benzene rings is 1. The summed E-state index contributed by atoms with van der Waals surface area (Å²) >= 11 is 0. The number of nitrogens with one attached hydrogen (secondary N) is 1.